The number of benzene rings is 1. The van der Waals surface area contributed by atoms with Crippen molar-refractivity contribution in [1.82, 2.24) is 15.1 Å². The SMILES string of the molecule is O=C(NC1CCCN(CCc2ccccc2)C1)C1(N2CCOCC2)CCCCC1. The standard InChI is InChI=1S/C24H37N3O2/c28-23(24(12-5-2-6-13-24)27-16-18-29-19-17-27)25-22-10-7-14-26(20-22)15-11-21-8-3-1-4-9-21/h1,3-4,8-9,22H,2,5-7,10-20H2,(H,25,28). The number of hydrogen-bond acceptors (Lipinski definition) is 4. The summed E-state index contributed by atoms with van der Waals surface area (Å²) >= 11 is 0. The van der Waals surface area contributed by atoms with Crippen LogP contribution in [0.2, 0.25) is 0 Å². The molecule has 1 N–H and O–H groups in total. The van der Waals surface area contributed by atoms with Gasteiger partial charge in [0.15, 0.2) is 0 Å². The Morgan fingerprint density at radius 2 is 1.79 bits per heavy atom. The summed E-state index contributed by atoms with van der Waals surface area (Å²) < 4.78 is 5.56. The number of nitrogens with one attached hydrogen (secondary N) is 1. The van der Waals surface area contributed by atoms with Gasteiger partial charge in [0.25, 0.3) is 0 Å². The van der Waals surface area contributed by atoms with Gasteiger partial charge in [-0.1, -0.05) is 49.6 Å². The molecule has 1 atom stereocenters. The van der Waals surface area contributed by atoms with Gasteiger partial charge in [0, 0.05) is 32.2 Å². The van der Waals surface area contributed by atoms with Crippen LogP contribution < -0.4 is 5.32 Å². The van der Waals surface area contributed by atoms with Crippen LogP contribution in [0.25, 0.3) is 0 Å². The maximum atomic E-state index is 13.6. The van der Waals surface area contributed by atoms with Gasteiger partial charge in [-0.2, -0.15) is 0 Å². The minimum Gasteiger partial charge on any atom is -0.379 e. The first-order valence-electron chi connectivity index (χ1n) is 11.7. The fraction of sp³-hybridized carbons (Fsp3) is 0.708. The average molecular weight is 400 g/mol. The second kappa shape index (κ2) is 10.1. The number of morpholine rings is 1. The highest BCUT2D eigenvalue weighted by atomic mass is 16.5. The summed E-state index contributed by atoms with van der Waals surface area (Å²) in [5.74, 6) is 0.286. The van der Waals surface area contributed by atoms with Crippen molar-refractivity contribution in [2.45, 2.75) is 62.9 Å². The van der Waals surface area contributed by atoms with Crippen molar-refractivity contribution in [3.8, 4) is 0 Å². The topological polar surface area (TPSA) is 44.8 Å². The number of nitrogens with zero attached hydrogens (tertiary/aromatic N) is 2. The van der Waals surface area contributed by atoms with Crippen molar-refractivity contribution < 1.29 is 9.53 Å². The van der Waals surface area contributed by atoms with Crippen LogP contribution in [0, 0.1) is 0 Å². The largest absolute Gasteiger partial charge is 0.379 e. The van der Waals surface area contributed by atoms with Crippen molar-refractivity contribution in [3.05, 3.63) is 35.9 Å². The molecule has 1 aliphatic carbocycles. The normalized spacial score (nSPS) is 26.1. The van der Waals surface area contributed by atoms with Crippen molar-refractivity contribution in [1.29, 1.82) is 0 Å². The maximum absolute atomic E-state index is 13.6. The Labute approximate surface area is 175 Å². The number of amides is 1. The molecule has 1 amide bonds. The van der Waals surface area contributed by atoms with E-state index in [1.807, 2.05) is 0 Å². The van der Waals surface area contributed by atoms with Gasteiger partial charge in [0.1, 0.15) is 5.54 Å². The van der Waals surface area contributed by atoms with Crippen LogP contribution in [0.1, 0.15) is 50.5 Å². The lowest BCUT2D eigenvalue weighted by molar-refractivity contribution is -0.141. The third-order valence-corrected chi connectivity index (χ3v) is 7.12. The van der Waals surface area contributed by atoms with Crippen LogP contribution >= 0.6 is 0 Å². The van der Waals surface area contributed by atoms with Gasteiger partial charge in [0.2, 0.25) is 5.91 Å². The zero-order chi connectivity index (χ0) is 19.9. The number of carbonyl (C=O) groups is 1. The van der Waals surface area contributed by atoms with Crippen molar-refractivity contribution in [2.24, 2.45) is 0 Å². The molecule has 5 heteroatoms. The third-order valence-electron chi connectivity index (χ3n) is 7.12. The highest BCUT2D eigenvalue weighted by molar-refractivity contribution is 5.86. The van der Waals surface area contributed by atoms with Crippen LogP contribution in [0.15, 0.2) is 30.3 Å². The third kappa shape index (κ3) is 5.19. The first-order valence-corrected chi connectivity index (χ1v) is 11.7. The molecule has 0 aromatic heterocycles. The molecule has 0 bridgehead atoms. The number of ether oxygens (including phenoxy) is 1. The van der Waals surface area contributed by atoms with Gasteiger partial charge in [-0.25, -0.2) is 0 Å². The minimum atomic E-state index is -0.297. The molecule has 0 spiro atoms. The van der Waals surface area contributed by atoms with E-state index in [9.17, 15) is 4.79 Å². The molecule has 2 aliphatic heterocycles. The van der Waals surface area contributed by atoms with Crippen molar-refractivity contribution >= 4 is 5.91 Å². The summed E-state index contributed by atoms with van der Waals surface area (Å²) in [5, 5.41) is 3.49. The van der Waals surface area contributed by atoms with Gasteiger partial charge in [0.05, 0.1) is 13.2 Å². The molecular weight excluding hydrogens is 362 g/mol. The quantitative estimate of drug-likeness (QED) is 0.799. The Morgan fingerprint density at radius 1 is 1.03 bits per heavy atom. The summed E-state index contributed by atoms with van der Waals surface area (Å²) in [6, 6.07) is 11.0. The molecule has 1 aromatic carbocycles. The van der Waals surface area contributed by atoms with E-state index < -0.39 is 0 Å². The Bertz CT molecular complexity index is 639. The molecule has 1 unspecified atom stereocenters. The van der Waals surface area contributed by atoms with E-state index in [1.165, 1.54) is 31.2 Å². The fourth-order valence-electron chi connectivity index (χ4n) is 5.44. The second-order valence-electron chi connectivity index (χ2n) is 9.04. The predicted octanol–water partition coefficient (Wildman–Crippen LogP) is 2.84. The van der Waals surface area contributed by atoms with Crippen molar-refractivity contribution in [3.63, 3.8) is 0 Å². The van der Waals surface area contributed by atoms with Crippen LogP contribution in [-0.4, -0.2) is 73.2 Å². The summed E-state index contributed by atoms with van der Waals surface area (Å²) in [6.45, 7) is 6.50. The molecule has 3 fully saturated rings. The van der Waals surface area contributed by atoms with E-state index in [4.69, 9.17) is 4.74 Å². The van der Waals surface area contributed by atoms with Crippen LogP contribution in [0.4, 0.5) is 0 Å². The molecule has 29 heavy (non-hydrogen) atoms. The van der Waals surface area contributed by atoms with E-state index in [1.54, 1.807) is 0 Å². The first-order chi connectivity index (χ1) is 14.3. The number of piperidine rings is 1. The number of likely N-dealkylation sites (tertiary alicyclic amines) is 1. The molecule has 1 saturated carbocycles. The van der Waals surface area contributed by atoms with Gasteiger partial charge >= 0.3 is 0 Å². The Kier molecular flexibility index (Phi) is 7.22. The zero-order valence-corrected chi connectivity index (χ0v) is 17.8. The summed E-state index contributed by atoms with van der Waals surface area (Å²) in [6.07, 6.45) is 8.95. The first kappa shape index (κ1) is 20.8. The average Bonchev–Trinajstić information content (AvgIpc) is 2.80. The van der Waals surface area contributed by atoms with Crippen LogP contribution in [-0.2, 0) is 16.0 Å². The summed E-state index contributed by atoms with van der Waals surface area (Å²) in [4.78, 5) is 18.5. The number of carbonyl (C=O) groups excluding carboxylic acids is 1. The highest BCUT2D eigenvalue weighted by Crippen LogP contribution is 2.35. The number of rotatable bonds is 6. The lowest BCUT2D eigenvalue weighted by Crippen LogP contribution is -2.64. The Hall–Kier alpha value is -1.43. The van der Waals surface area contributed by atoms with Gasteiger partial charge in [-0.05, 0) is 44.2 Å². The Balaban J connectivity index is 1.34. The van der Waals surface area contributed by atoms with Crippen LogP contribution in [0.5, 0.6) is 0 Å². The minimum absolute atomic E-state index is 0.284. The predicted molar refractivity (Wildman–Crippen MR) is 116 cm³/mol. The molecule has 4 rings (SSSR count). The molecule has 3 aliphatic rings. The molecule has 2 heterocycles. The molecule has 5 nitrogen and oxygen atoms in total. The van der Waals surface area contributed by atoms with E-state index in [0.29, 0.717) is 0 Å². The molecular formula is C24H37N3O2. The smallest absolute Gasteiger partial charge is 0.240 e. The molecule has 160 valence electrons. The van der Waals surface area contributed by atoms with E-state index in [2.05, 4.69) is 45.4 Å². The van der Waals surface area contributed by atoms with E-state index in [0.717, 1.165) is 71.6 Å². The second-order valence-corrected chi connectivity index (χ2v) is 9.04. The lowest BCUT2D eigenvalue weighted by atomic mass is 9.79. The van der Waals surface area contributed by atoms with E-state index in [-0.39, 0.29) is 17.5 Å². The van der Waals surface area contributed by atoms with Gasteiger partial charge < -0.3 is 15.0 Å². The van der Waals surface area contributed by atoms with Crippen molar-refractivity contribution in [2.75, 3.05) is 45.9 Å². The van der Waals surface area contributed by atoms with Gasteiger partial charge in [-0.3, -0.25) is 9.69 Å². The Morgan fingerprint density at radius 3 is 2.55 bits per heavy atom. The summed E-state index contributed by atoms with van der Waals surface area (Å²) in [7, 11) is 0. The zero-order valence-electron chi connectivity index (χ0n) is 17.8. The maximum Gasteiger partial charge on any atom is 0.240 e. The molecule has 1 aromatic rings. The lowest BCUT2D eigenvalue weighted by Gasteiger charge is -2.47. The molecule has 0 radical (unpaired) electrons. The van der Waals surface area contributed by atoms with Gasteiger partial charge in [-0.15, -0.1) is 0 Å². The monoisotopic (exact) mass is 399 g/mol. The highest BCUT2D eigenvalue weighted by Gasteiger charge is 2.45. The number of hydrogen-bond donors (Lipinski definition) is 1. The summed E-state index contributed by atoms with van der Waals surface area (Å²) in [5.41, 5.74) is 1.10. The van der Waals surface area contributed by atoms with Crippen LogP contribution in [0.3, 0.4) is 0 Å². The van der Waals surface area contributed by atoms with E-state index >= 15 is 0 Å². The fourth-order valence-corrected chi connectivity index (χ4v) is 5.44. The molecule has 2 saturated heterocycles.